The van der Waals surface area contributed by atoms with Crippen molar-refractivity contribution in [3.05, 3.63) is 81.3 Å². The molecule has 0 aromatic heterocycles. The van der Waals surface area contributed by atoms with E-state index in [1.807, 2.05) is 32.0 Å². The van der Waals surface area contributed by atoms with Gasteiger partial charge in [0, 0.05) is 10.6 Å². The summed E-state index contributed by atoms with van der Waals surface area (Å²) >= 11 is 12.5. The van der Waals surface area contributed by atoms with Crippen LogP contribution >= 0.6 is 23.2 Å². The highest BCUT2D eigenvalue weighted by Crippen LogP contribution is 2.37. The molecule has 1 amide bonds. The van der Waals surface area contributed by atoms with Crippen molar-refractivity contribution in [2.45, 2.75) is 20.5 Å². The number of rotatable bonds is 11. The van der Waals surface area contributed by atoms with Gasteiger partial charge < -0.3 is 18.9 Å². The summed E-state index contributed by atoms with van der Waals surface area (Å²) in [6.07, 6.45) is 1.47. The molecule has 0 radical (unpaired) electrons. The Morgan fingerprint density at radius 3 is 2.43 bits per heavy atom. The van der Waals surface area contributed by atoms with Gasteiger partial charge in [-0.25, -0.2) is 5.43 Å². The first-order valence-corrected chi connectivity index (χ1v) is 11.7. The lowest BCUT2D eigenvalue weighted by atomic mass is 10.2. The average molecular weight is 517 g/mol. The summed E-state index contributed by atoms with van der Waals surface area (Å²) in [5.74, 6) is 1.50. The minimum atomic E-state index is -0.403. The Hall–Kier alpha value is -3.42. The fourth-order valence-corrected chi connectivity index (χ4v) is 3.65. The molecule has 3 aromatic carbocycles. The number of benzene rings is 3. The fraction of sp³-hybridized carbons (Fsp3) is 0.231. The highest BCUT2D eigenvalue weighted by molar-refractivity contribution is 6.32. The molecule has 9 heteroatoms. The maximum Gasteiger partial charge on any atom is 0.271 e. The molecule has 184 valence electrons. The average Bonchev–Trinajstić information content (AvgIpc) is 2.84. The molecule has 0 heterocycles. The van der Waals surface area contributed by atoms with Crippen molar-refractivity contribution in [2.24, 2.45) is 5.10 Å². The molecule has 0 aliphatic heterocycles. The van der Waals surface area contributed by atoms with Gasteiger partial charge in [0.25, 0.3) is 5.91 Å². The van der Waals surface area contributed by atoms with Gasteiger partial charge in [-0.05, 0) is 67.4 Å². The predicted octanol–water partition coefficient (Wildman–Crippen LogP) is 6.14. The van der Waals surface area contributed by atoms with Gasteiger partial charge in [-0.15, -0.1) is 0 Å². The molecule has 7 nitrogen and oxygen atoms in total. The van der Waals surface area contributed by atoms with Crippen LogP contribution in [0.3, 0.4) is 0 Å². The molecule has 0 saturated heterocycles. The Bertz CT molecular complexity index is 1200. The molecule has 0 aliphatic carbocycles. The van der Waals surface area contributed by atoms with Crippen molar-refractivity contribution in [3.8, 4) is 23.0 Å². The lowest BCUT2D eigenvalue weighted by Crippen LogP contribution is -2.17. The van der Waals surface area contributed by atoms with Crippen LogP contribution in [0, 0.1) is 0 Å². The van der Waals surface area contributed by atoms with Crippen molar-refractivity contribution < 1.29 is 23.7 Å². The van der Waals surface area contributed by atoms with E-state index in [1.165, 1.54) is 13.3 Å². The third-order valence-corrected chi connectivity index (χ3v) is 5.23. The lowest BCUT2D eigenvalue weighted by molar-refractivity contribution is 0.0954. The van der Waals surface area contributed by atoms with E-state index >= 15 is 0 Å². The highest BCUT2D eigenvalue weighted by Gasteiger charge is 2.14. The van der Waals surface area contributed by atoms with Crippen molar-refractivity contribution in [3.63, 3.8) is 0 Å². The van der Waals surface area contributed by atoms with Crippen LogP contribution < -0.4 is 24.4 Å². The Morgan fingerprint density at radius 2 is 1.71 bits per heavy atom. The molecule has 0 fully saturated rings. The number of halogens is 2. The largest absolute Gasteiger partial charge is 0.493 e. The van der Waals surface area contributed by atoms with E-state index < -0.39 is 5.91 Å². The second kappa shape index (κ2) is 12.9. The number of carbonyl (C=O) groups excluding carboxylic acids is 1. The van der Waals surface area contributed by atoms with Gasteiger partial charge in [0.2, 0.25) is 0 Å². The summed E-state index contributed by atoms with van der Waals surface area (Å²) < 4.78 is 22.4. The van der Waals surface area contributed by atoms with Crippen molar-refractivity contribution in [2.75, 3.05) is 20.3 Å². The maximum absolute atomic E-state index is 12.5. The predicted molar refractivity (Wildman–Crippen MR) is 138 cm³/mol. The molecule has 0 unspecified atom stereocenters. The normalized spacial score (nSPS) is 10.8. The number of nitrogens with one attached hydrogen (secondary N) is 1. The molecule has 0 aliphatic rings. The van der Waals surface area contributed by atoms with Crippen LogP contribution in [-0.2, 0) is 6.61 Å². The van der Waals surface area contributed by atoms with Gasteiger partial charge in [0.05, 0.1) is 31.6 Å². The summed E-state index contributed by atoms with van der Waals surface area (Å²) in [5.41, 5.74) is 4.39. The van der Waals surface area contributed by atoms with Crippen LogP contribution in [0.2, 0.25) is 10.0 Å². The molecular weight excluding hydrogens is 491 g/mol. The quantitative estimate of drug-likeness (QED) is 0.244. The number of amides is 1. The number of hydrogen-bond acceptors (Lipinski definition) is 6. The van der Waals surface area contributed by atoms with E-state index in [4.69, 9.17) is 42.1 Å². The monoisotopic (exact) mass is 516 g/mol. The first-order chi connectivity index (χ1) is 16.9. The van der Waals surface area contributed by atoms with Gasteiger partial charge >= 0.3 is 0 Å². The molecule has 0 atom stereocenters. The SMILES string of the molecule is CCOc1ccc(C(=O)N/N=C/c2cc(Cl)c(OCc3cccc(Cl)c3)c(OCC)c2)cc1OC. The second-order valence-electron chi connectivity index (χ2n) is 7.18. The van der Waals surface area contributed by atoms with Crippen LogP contribution in [0.4, 0.5) is 0 Å². The fourth-order valence-electron chi connectivity index (χ4n) is 3.16. The number of carbonyl (C=O) groups is 1. The van der Waals surface area contributed by atoms with E-state index in [1.54, 1.807) is 36.4 Å². The molecule has 0 saturated carbocycles. The van der Waals surface area contributed by atoms with Crippen LogP contribution in [0.1, 0.15) is 35.3 Å². The third kappa shape index (κ3) is 7.28. The number of nitrogens with zero attached hydrogens (tertiary/aromatic N) is 1. The van der Waals surface area contributed by atoms with E-state index in [-0.39, 0.29) is 6.61 Å². The van der Waals surface area contributed by atoms with Crippen LogP contribution in [-0.4, -0.2) is 32.4 Å². The van der Waals surface area contributed by atoms with Crippen LogP contribution in [0.25, 0.3) is 0 Å². The second-order valence-corrected chi connectivity index (χ2v) is 8.02. The summed E-state index contributed by atoms with van der Waals surface area (Å²) in [4.78, 5) is 12.5. The summed E-state index contributed by atoms with van der Waals surface area (Å²) in [5, 5.41) is 5.01. The minimum Gasteiger partial charge on any atom is -0.493 e. The Balaban J connectivity index is 1.71. The number of hydrazone groups is 1. The molecule has 1 N–H and O–H groups in total. The molecule has 3 rings (SSSR count). The molecule has 0 bridgehead atoms. The summed E-state index contributed by atoms with van der Waals surface area (Å²) in [7, 11) is 1.51. The van der Waals surface area contributed by atoms with Crippen LogP contribution in [0.15, 0.2) is 59.7 Å². The topological polar surface area (TPSA) is 78.4 Å². The van der Waals surface area contributed by atoms with Crippen molar-refractivity contribution in [1.82, 2.24) is 5.43 Å². The van der Waals surface area contributed by atoms with Gasteiger partial charge in [0.1, 0.15) is 6.61 Å². The number of ether oxygens (including phenoxy) is 4. The van der Waals surface area contributed by atoms with Crippen LogP contribution in [0.5, 0.6) is 23.0 Å². The maximum atomic E-state index is 12.5. The van der Waals surface area contributed by atoms with Gasteiger partial charge in [-0.3, -0.25) is 4.79 Å². The molecule has 0 spiro atoms. The Labute approximate surface area is 214 Å². The minimum absolute atomic E-state index is 0.273. The van der Waals surface area contributed by atoms with E-state index in [9.17, 15) is 4.79 Å². The van der Waals surface area contributed by atoms with Crippen molar-refractivity contribution in [1.29, 1.82) is 0 Å². The lowest BCUT2D eigenvalue weighted by Gasteiger charge is -2.14. The summed E-state index contributed by atoms with van der Waals surface area (Å²) in [6.45, 7) is 4.91. The van der Waals surface area contributed by atoms with Gasteiger partial charge in [-0.2, -0.15) is 5.10 Å². The first kappa shape index (κ1) is 26.2. The van der Waals surface area contributed by atoms with Gasteiger partial charge in [0.15, 0.2) is 23.0 Å². The third-order valence-electron chi connectivity index (χ3n) is 4.71. The number of methoxy groups -OCH3 is 1. The standard InChI is InChI=1S/C26H26Cl2N2O5/c1-4-33-22-10-9-19(14-23(22)32-3)26(31)30-29-15-18-12-21(28)25(24(13-18)34-5-2)35-16-17-7-6-8-20(27)11-17/h6-15H,4-5,16H2,1-3H3,(H,30,31)/b29-15+. The Morgan fingerprint density at radius 1 is 0.943 bits per heavy atom. The first-order valence-electron chi connectivity index (χ1n) is 10.9. The smallest absolute Gasteiger partial charge is 0.271 e. The van der Waals surface area contributed by atoms with E-state index in [0.29, 0.717) is 57.4 Å². The summed E-state index contributed by atoms with van der Waals surface area (Å²) in [6, 6.07) is 15.7. The Kier molecular flexibility index (Phi) is 9.64. The molecule has 3 aromatic rings. The van der Waals surface area contributed by atoms with Crippen molar-refractivity contribution >= 4 is 35.3 Å². The van der Waals surface area contributed by atoms with E-state index in [2.05, 4.69) is 10.5 Å². The zero-order valence-electron chi connectivity index (χ0n) is 19.6. The molecule has 35 heavy (non-hydrogen) atoms. The molecular formula is C26H26Cl2N2O5. The van der Waals surface area contributed by atoms with E-state index in [0.717, 1.165) is 5.56 Å². The van der Waals surface area contributed by atoms with Gasteiger partial charge in [-0.1, -0.05) is 35.3 Å². The highest BCUT2D eigenvalue weighted by atomic mass is 35.5. The number of hydrogen-bond donors (Lipinski definition) is 1. The zero-order valence-corrected chi connectivity index (χ0v) is 21.2. The zero-order chi connectivity index (χ0) is 25.2.